The van der Waals surface area contributed by atoms with Crippen LogP contribution in [0.15, 0.2) is 48.5 Å². The summed E-state index contributed by atoms with van der Waals surface area (Å²) in [7, 11) is 0. The van der Waals surface area contributed by atoms with Crippen molar-refractivity contribution < 1.29 is 23.2 Å². The van der Waals surface area contributed by atoms with Crippen molar-refractivity contribution in [2.24, 2.45) is 0 Å². The predicted octanol–water partition coefficient (Wildman–Crippen LogP) is 2.83. The van der Waals surface area contributed by atoms with Gasteiger partial charge in [-0.2, -0.15) is 8.78 Å². The van der Waals surface area contributed by atoms with Crippen LogP contribution >= 0.6 is 12.2 Å². The molecule has 1 amide bonds. The first kappa shape index (κ1) is 19.0. The van der Waals surface area contributed by atoms with E-state index in [-0.39, 0.29) is 22.1 Å². The third kappa shape index (κ3) is 5.63. The zero-order valence-electron chi connectivity index (χ0n) is 12.9. The van der Waals surface area contributed by atoms with Crippen LogP contribution in [0.4, 0.5) is 20.2 Å². The molecule has 0 aromatic heterocycles. The van der Waals surface area contributed by atoms with Crippen LogP contribution in [0.1, 0.15) is 10.4 Å². The highest BCUT2D eigenvalue weighted by Crippen LogP contribution is 2.17. The van der Waals surface area contributed by atoms with Crippen LogP contribution in [0, 0.1) is 10.1 Å². The molecule has 11 heteroatoms. The van der Waals surface area contributed by atoms with E-state index in [0.717, 1.165) is 0 Å². The maximum atomic E-state index is 12.1. The first-order chi connectivity index (χ1) is 12.3. The molecule has 0 fully saturated rings. The number of hydrazine groups is 1. The second-order valence-corrected chi connectivity index (χ2v) is 5.15. The Bertz CT molecular complexity index is 800. The number of carbonyl (C=O) groups excluding carboxylic acids is 1. The number of non-ortho nitro benzene ring substituents is 1. The average molecular weight is 382 g/mol. The highest BCUT2D eigenvalue weighted by molar-refractivity contribution is 7.80. The van der Waals surface area contributed by atoms with Gasteiger partial charge < -0.3 is 10.1 Å². The number of hydrogen-bond donors (Lipinski definition) is 3. The highest BCUT2D eigenvalue weighted by atomic mass is 32.1. The minimum atomic E-state index is -2.91. The third-order valence-electron chi connectivity index (χ3n) is 2.97. The second kappa shape index (κ2) is 8.67. The van der Waals surface area contributed by atoms with Crippen LogP contribution in [0.2, 0.25) is 0 Å². The monoisotopic (exact) mass is 382 g/mol. The molecule has 2 rings (SSSR count). The molecule has 136 valence electrons. The Morgan fingerprint density at radius 3 is 2.23 bits per heavy atom. The molecule has 0 saturated heterocycles. The molecule has 0 heterocycles. The standard InChI is InChI=1S/C15H12F2N4O4S/c16-14(17)25-12-7-3-10(4-8-12)18-15(26)20-19-13(22)9-1-5-11(6-2-9)21(23)24/h1-8,14H,(H,19,22)(H2,18,20,26). The van der Waals surface area contributed by atoms with E-state index in [2.05, 4.69) is 20.9 Å². The fourth-order valence-corrected chi connectivity index (χ4v) is 1.97. The van der Waals surface area contributed by atoms with E-state index >= 15 is 0 Å². The van der Waals surface area contributed by atoms with Crippen molar-refractivity contribution in [3.63, 3.8) is 0 Å². The van der Waals surface area contributed by atoms with E-state index in [9.17, 15) is 23.7 Å². The molecule has 0 bridgehead atoms. The zero-order chi connectivity index (χ0) is 19.1. The van der Waals surface area contributed by atoms with Crippen molar-refractivity contribution in [3.8, 4) is 5.75 Å². The van der Waals surface area contributed by atoms with Gasteiger partial charge in [-0.15, -0.1) is 0 Å². The summed E-state index contributed by atoms with van der Waals surface area (Å²) in [4.78, 5) is 21.9. The van der Waals surface area contributed by atoms with Crippen molar-refractivity contribution in [2.75, 3.05) is 5.32 Å². The SMILES string of the molecule is O=C(NNC(=S)Nc1ccc(OC(F)F)cc1)c1ccc([N+](=O)[O-])cc1. The van der Waals surface area contributed by atoms with Gasteiger partial charge in [-0.05, 0) is 48.6 Å². The Kier molecular flexibility index (Phi) is 6.33. The van der Waals surface area contributed by atoms with Crippen LogP contribution in [0.3, 0.4) is 0 Å². The normalized spacial score (nSPS) is 10.1. The highest BCUT2D eigenvalue weighted by Gasteiger charge is 2.10. The van der Waals surface area contributed by atoms with Crippen LogP contribution in [-0.2, 0) is 0 Å². The Balaban J connectivity index is 1.84. The number of rotatable bonds is 5. The van der Waals surface area contributed by atoms with Gasteiger partial charge in [-0.25, -0.2) is 0 Å². The molecule has 0 saturated carbocycles. The molecule has 0 aliphatic heterocycles. The summed E-state index contributed by atoms with van der Waals surface area (Å²) in [6, 6.07) is 10.6. The molecule has 8 nitrogen and oxygen atoms in total. The molecule has 0 spiro atoms. The number of carbonyl (C=O) groups is 1. The van der Waals surface area contributed by atoms with E-state index in [4.69, 9.17) is 12.2 Å². The lowest BCUT2D eigenvalue weighted by atomic mass is 10.2. The minimum Gasteiger partial charge on any atom is -0.435 e. The molecule has 26 heavy (non-hydrogen) atoms. The molecule has 0 aliphatic carbocycles. The number of amides is 1. The first-order valence-corrected chi connectivity index (χ1v) is 7.42. The van der Waals surface area contributed by atoms with Gasteiger partial charge in [0, 0.05) is 23.4 Å². The summed E-state index contributed by atoms with van der Waals surface area (Å²) < 4.78 is 28.3. The number of benzene rings is 2. The summed E-state index contributed by atoms with van der Waals surface area (Å²) in [5.41, 5.74) is 5.31. The topological polar surface area (TPSA) is 106 Å². The molecule has 2 aromatic rings. The van der Waals surface area contributed by atoms with Gasteiger partial charge in [0.2, 0.25) is 0 Å². The van der Waals surface area contributed by atoms with E-state index in [1.807, 2.05) is 0 Å². The number of anilines is 1. The number of ether oxygens (including phenoxy) is 1. The quantitative estimate of drug-likeness (QED) is 0.415. The number of nitro groups is 1. The largest absolute Gasteiger partial charge is 0.435 e. The summed E-state index contributed by atoms with van der Waals surface area (Å²) >= 11 is 4.98. The summed E-state index contributed by atoms with van der Waals surface area (Å²) in [5, 5.41) is 13.3. The number of nitrogens with one attached hydrogen (secondary N) is 3. The smallest absolute Gasteiger partial charge is 0.387 e. The number of nitro benzene ring substituents is 1. The Morgan fingerprint density at radius 2 is 1.69 bits per heavy atom. The summed E-state index contributed by atoms with van der Waals surface area (Å²) in [6.07, 6.45) is 0. The Hall–Kier alpha value is -3.34. The summed E-state index contributed by atoms with van der Waals surface area (Å²) in [6.45, 7) is -2.91. The molecule has 0 radical (unpaired) electrons. The van der Waals surface area contributed by atoms with Gasteiger partial charge in [0.15, 0.2) is 5.11 Å². The molecule has 0 atom stereocenters. The van der Waals surface area contributed by atoms with Crippen molar-refractivity contribution in [3.05, 3.63) is 64.2 Å². The number of thiocarbonyl (C=S) groups is 1. The first-order valence-electron chi connectivity index (χ1n) is 7.02. The molecular weight excluding hydrogens is 370 g/mol. The molecular formula is C15H12F2N4O4S. The van der Waals surface area contributed by atoms with Gasteiger partial charge in [0.25, 0.3) is 11.6 Å². The molecule has 0 aliphatic rings. The van der Waals surface area contributed by atoms with E-state index in [0.29, 0.717) is 5.69 Å². The van der Waals surface area contributed by atoms with Gasteiger partial charge in [0.1, 0.15) is 5.75 Å². The second-order valence-electron chi connectivity index (χ2n) is 4.74. The van der Waals surface area contributed by atoms with Gasteiger partial charge >= 0.3 is 6.61 Å². The Labute approximate surface area is 151 Å². The van der Waals surface area contributed by atoms with Gasteiger partial charge in [0.05, 0.1) is 4.92 Å². The predicted molar refractivity (Wildman–Crippen MR) is 93.0 cm³/mol. The number of alkyl halides is 2. The van der Waals surface area contributed by atoms with Gasteiger partial charge in [-0.3, -0.25) is 25.8 Å². The Morgan fingerprint density at radius 1 is 1.08 bits per heavy atom. The average Bonchev–Trinajstić information content (AvgIpc) is 2.61. The van der Waals surface area contributed by atoms with Crippen molar-refractivity contribution in [2.45, 2.75) is 6.61 Å². The fourth-order valence-electron chi connectivity index (χ4n) is 1.80. The van der Waals surface area contributed by atoms with E-state index in [1.54, 1.807) is 0 Å². The lowest BCUT2D eigenvalue weighted by molar-refractivity contribution is -0.384. The van der Waals surface area contributed by atoms with Crippen LogP contribution < -0.4 is 20.9 Å². The van der Waals surface area contributed by atoms with Crippen molar-refractivity contribution in [1.82, 2.24) is 10.9 Å². The van der Waals surface area contributed by atoms with E-state index < -0.39 is 17.4 Å². The molecule has 2 aromatic carbocycles. The van der Waals surface area contributed by atoms with Crippen LogP contribution in [-0.4, -0.2) is 22.6 Å². The number of nitrogens with zero attached hydrogens (tertiary/aromatic N) is 1. The molecule has 3 N–H and O–H groups in total. The minimum absolute atomic E-state index is 0.00380. The summed E-state index contributed by atoms with van der Waals surface area (Å²) in [5.74, 6) is -0.555. The van der Waals surface area contributed by atoms with Crippen LogP contribution in [0.25, 0.3) is 0 Å². The number of halogens is 2. The molecule has 0 unspecified atom stereocenters. The third-order valence-corrected chi connectivity index (χ3v) is 3.17. The van der Waals surface area contributed by atoms with Crippen LogP contribution in [0.5, 0.6) is 5.75 Å². The number of hydrogen-bond acceptors (Lipinski definition) is 5. The maximum absolute atomic E-state index is 12.1. The van der Waals surface area contributed by atoms with Crippen molar-refractivity contribution >= 4 is 34.6 Å². The lowest BCUT2D eigenvalue weighted by Crippen LogP contribution is -2.43. The van der Waals surface area contributed by atoms with E-state index in [1.165, 1.54) is 48.5 Å². The maximum Gasteiger partial charge on any atom is 0.387 e. The lowest BCUT2D eigenvalue weighted by Gasteiger charge is -2.12. The fraction of sp³-hybridized carbons (Fsp3) is 0.0667. The van der Waals surface area contributed by atoms with Gasteiger partial charge in [-0.1, -0.05) is 0 Å². The van der Waals surface area contributed by atoms with Crippen molar-refractivity contribution in [1.29, 1.82) is 0 Å². The zero-order valence-corrected chi connectivity index (χ0v) is 13.8.